The second-order valence-electron chi connectivity index (χ2n) is 3.59. The maximum absolute atomic E-state index is 13.1. The lowest BCUT2D eigenvalue weighted by Gasteiger charge is -2.10. The van der Waals surface area contributed by atoms with Crippen LogP contribution in [0.2, 0.25) is 0 Å². The molecule has 0 aliphatic heterocycles. The molecule has 0 fully saturated rings. The first kappa shape index (κ1) is 13.5. The van der Waals surface area contributed by atoms with Gasteiger partial charge in [-0.05, 0) is 46.3 Å². The van der Waals surface area contributed by atoms with Crippen LogP contribution < -0.4 is 4.74 Å². The molecule has 5 heteroatoms. The molecule has 0 unspecified atom stereocenters. The van der Waals surface area contributed by atoms with Crippen LogP contribution in [-0.2, 0) is 6.61 Å². The van der Waals surface area contributed by atoms with Gasteiger partial charge < -0.3 is 9.84 Å². The number of hydrogen-bond acceptors (Lipinski definition) is 2. The lowest BCUT2D eigenvalue weighted by Crippen LogP contribution is -1.92. The zero-order valence-electron chi connectivity index (χ0n) is 9.16. The van der Waals surface area contributed by atoms with E-state index in [1.807, 2.05) is 6.07 Å². The predicted molar refractivity (Wildman–Crippen MR) is 74.2 cm³/mol. The molecule has 0 saturated carbocycles. The second-order valence-corrected chi connectivity index (χ2v) is 5.36. The SMILES string of the molecule is OCc1ccc(Br)cc1Oc1ccc(F)c(Br)c1. The molecule has 2 rings (SSSR count). The lowest BCUT2D eigenvalue weighted by molar-refractivity contribution is 0.276. The predicted octanol–water partition coefficient (Wildman–Crippen LogP) is 4.64. The van der Waals surface area contributed by atoms with Gasteiger partial charge in [0.25, 0.3) is 0 Å². The van der Waals surface area contributed by atoms with Crippen LogP contribution >= 0.6 is 31.9 Å². The molecule has 0 saturated heterocycles. The summed E-state index contributed by atoms with van der Waals surface area (Å²) in [5.41, 5.74) is 0.665. The summed E-state index contributed by atoms with van der Waals surface area (Å²) in [4.78, 5) is 0. The van der Waals surface area contributed by atoms with E-state index in [0.29, 0.717) is 21.5 Å². The van der Waals surface area contributed by atoms with E-state index in [1.54, 1.807) is 12.1 Å². The first-order chi connectivity index (χ1) is 8.60. The third kappa shape index (κ3) is 3.10. The van der Waals surface area contributed by atoms with Crippen molar-refractivity contribution in [3.05, 3.63) is 56.7 Å². The normalized spacial score (nSPS) is 10.4. The van der Waals surface area contributed by atoms with Gasteiger partial charge in [-0.25, -0.2) is 4.39 Å². The highest BCUT2D eigenvalue weighted by molar-refractivity contribution is 9.10. The van der Waals surface area contributed by atoms with Crippen LogP contribution in [0.25, 0.3) is 0 Å². The van der Waals surface area contributed by atoms with E-state index in [0.717, 1.165) is 4.47 Å². The Morgan fingerprint density at radius 3 is 2.56 bits per heavy atom. The van der Waals surface area contributed by atoms with Crippen molar-refractivity contribution in [3.8, 4) is 11.5 Å². The van der Waals surface area contributed by atoms with Crippen molar-refractivity contribution in [1.82, 2.24) is 0 Å². The lowest BCUT2D eigenvalue weighted by atomic mass is 10.2. The Hall–Kier alpha value is -0.910. The molecule has 0 atom stereocenters. The first-order valence-electron chi connectivity index (χ1n) is 5.12. The molecule has 0 aliphatic rings. The van der Waals surface area contributed by atoms with E-state index in [1.165, 1.54) is 18.2 Å². The molecule has 0 spiro atoms. The number of benzene rings is 2. The highest BCUT2D eigenvalue weighted by Crippen LogP contribution is 2.30. The summed E-state index contributed by atoms with van der Waals surface area (Å²) < 4.78 is 19.9. The minimum atomic E-state index is -0.348. The summed E-state index contributed by atoms with van der Waals surface area (Å²) in [5, 5.41) is 9.22. The summed E-state index contributed by atoms with van der Waals surface area (Å²) in [7, 11) is 0. The molecule has 0 amide bonds. The Kier molecular flexibility index (Phi) is 4.37. The molecule has 2 aromatic rings. The molecule has 2 aromatic carbocycles. The number of rotatable bonds is 3. The zero-order chi connectivity index (χ0) is 13.1. The summed E-state index contributed by atoms with van der Waals surface area (Å²) >= 11 is 6.43. The summed E-state index contributed by atoms with van der Waals surface area (Å²) in [6.45, 7) is -0.120. The van der Waals surface area contributed by atoms with Gasteiger partial charge in [-0.15, -0.1) is 0 Å². The van der Waals surface area contributed by atoms with Crippen LogP contribution in [0.15, 0.2) is 45.3 Å². The second kappa shape index (κ2) is 5.82. The Labute approximate surface area is 121 Å². The summed E-state index contributed by atoms with van der Waals surface area (Å²) in [6, 6.07) is 9.72. The van der Waals surface area contributed by atoms with E-state index in [9.17, 15) is 9.50 Å². The van der Waals surface area contributed by atoms with E-state index >= 15 is 0 Å². The van der Waals surface area contributed by atoms with Crippen molar-refractivity contribution in [1.29, 1.82) is 0 Å². The number of hydrogen-bond donors (Lipinski definition) is 1. The maximum atomic E-state index is 13.1. The third-order valence-electron chi connectivity index (χ3n) is 2.32. The van der Waals surface area contributed by atoms with Gasteiger partial charge in [-0.3, -0.25) is 0 Å². The van der Waals surface area contributed by atoms with Gasteiger partial charge in [0.15, 0.2) is 0 Å². The number of aliphatic hydroxyl groups excluding tert-OH is 1. The number of halogens is 3. The molecular weight excluding hydrogens is 367 g/mol. The van der Waals surface area contributed by atoms with Crippen LogP contribution in [0.5, 0.6) is 11.5 Å². The maximum Gasteiger partial charge on any atom is 0.137 e. The molecule has 0 bridgehead atoms. The van der Waals surface area contributed by atoms with Crippen molar-refractivity contribution < 1.29 is 14.2 Å². The van der Waals surface area contributed by atoms with Gasteiger partial charge in [0.1, 0.15) is 17.3 Å². The van der Waals surface area contributed by atoms with Crippen molar-refractivity contribution in [2.75, 3.05) is 0 Å². The van der Waals surface area contributed by atoms with Crippen LogP contribution in [-0.4, -0.2) is 5.11 Å². The molecule has 1 N–H and O–H groups in total. The highest BCUT2D eigenvalue weighted by atomic mass is 79.9. The molecule has 0 heterocycles. The Morgan fingerprint density at radius 2 is 1.89 bits per heavy atom. The topological polar surface area (TPSA) is 29.5 Å². The standard InChI is InChI=1S/C13H9Br2FO2/c14-9-2-1-8(7-17)13(5-9)18-10-3-4-12(16)11(15)6-10/h1-6,17H,7H2. The quantitative estimate of drug-likeness (QED) is 0.847. The van der Waals surface area contributed by atoms with Gasteiger partial charge in [0.2, 0.25) is 0 Å². The summed E-state index contributed by atoms with van der Waals surface area (Å²) in [5.74, 6) is 0.681. The molecule has 18 heavy (non-hydrogen) atoms. The van der Waals surface area contributed by atoms with Gasteiger partial charge in [-0.1, -0.05) is 22.0 Å². The van der Waals surface area contributed by atoms with Gasteiger partial charge in [-0.2, -0.15) is 0 Å². The fourth-order valence-electron chi connectivity index (χ4n) is 1.42. The van der Waals surface area contributed by atoms with Crippen LogP contribution in [0.4, 0.5) is 4.39 Å². The minimum absolute atomic E-state index is 0.120. The average Bonchev–Trinajstić information content (AvgIpc) is 2.34. The van der Waals surface area contributed by atoms with E-state index in [4.69, 9.17) is 4.74 Å². The monoisotopic (exact) mass is 374 g/mol. The Morgan fingerprint density at radius 1 is 1.11 bits per heavy atom. The van der Waals surface area contributed by atoms with E-state index < -0.39 is 0 Å². The van der Waals surface area contributed by atoms with E-state index in [-0.39, 0.29) is 12.4 Å². The fraction of sp³-hybridized carbons (Fsp3) is 0.0769. The van der Waals surface area contributed by atoms with Gasteiger partial charge >= 0.3 is 0 Å². The van der Waals surface area contributed by atoms with Crippen LogP contribution in [0.1, 0.15) is 5.56 Å². The molecule has 0 radical (unpaired) electrons. The van der Waals surface area contributed by atoms with Crippen molar-refractivity contribution in [3.63, 3.8) is 0 Å². The fourth-order valence-corrected chi connectivity index (χ4v) is 2.12. The molecule has 0 aromatic heterocycles. The molecular formula is C13H9Br2FO2. The largest absolute Gasteiger partial charge is 0.457 e. The average molecular weight is 376 g/mol. The zero-order valence-corrected chi connectivity index (χ0v) is 12.3. The molecule has 2 nitrogen and oxygen atoms in total. The Bertz CT molecular complexity index is 573. The van der Waals surface area contributed by atoms with E-state index in [2.05, 4.69) is 31.9 Å². The molecule has 94 valence electrons. The van der Waals surface area contributed by atoms with Crippen LogP contribution in [0.3, 0.4) is 0 Å². The third-order valence-corrected chi connectivity index (χ3v) is 3.42. The smallest absolute Gasteiger partial charge is 0.137 e. The highest BCUT2D eigenvalue weighted by Gasteiger charge is 2.07. The van der Waals surface area contributed by atoms with Gasteiger partial charge in [0.05, 0.1) is 11.1 Å². The summed E-state index contributed by atoms with van der Waals surface area (Å²) in [6.07, 6.45) is 0. The van der Waals surface area contributed by atoms with Crippen molar-refractivity contribution in [2.24, 2.45) is 0 Å². The minimum Gasteiger partial charge on any atom is -0.457 e. The van der Waals surface area contributed by atoms with Crippen molar-refractivity contribution >= 4 is 31.9 Å². The first-order valence-corrected chi connectivity index (χ1v) is 6.71. The van der Waals surface area contributed by atoms with Crippen molar-refractivity contribution in [2.45, 2.75) is 6.61 Å². The van der Waals surface area contributed by atoms with Gasteiger partial charge in [0, 0.05) is 10.0 Å². The number of ether oxygens (including phenoxy) is 1. The van der Waals surface area contributed by atoms with Crippen LogP contribution in [0, 0.1) is 5.82 Å². The number of aliphatic hydroxyl groups is 1. The Balaban J connectivity index is 2.33. The molecule has 0 aliphatic carbocycles.